The largest absolute Gasteiger partial charge is 0.467 e. The number of nitrogens with zero attached hydrogens (tertiary/aromatic N) is 3. The number of carbonyl (C=O) groups excluding carboxylic acids is 2. The van der Waals surface area contributed by atoms with Crippen molar-refractivity contribution in [2.24, 2.45) is 0 Å². The van der Waals surface area contributed by atoms with E-state index in [-0.39, 0.29) is 33.5 Å². The topological polar surface area (TPSA) is 140 Å². The molecule has 1 aromatic carbocycles. The van der Waals surface area contributed by atoms with Gasteiger partial charge in [-0.15, -0.1) is 0 Å². The number of nitrogens with one attached hydrogen (secondary N) is 2. The van der Waals surface area contributed by atoms with Gasteiger partial charge in [-0.05, 0) is 19.1 Å². The SMILES string of the molecule is COc1nc(C)nc(NC(=O)NS(=O)(=O)c2ccccc2C(=O)SC(C)C)n1. The lowest BCUT2D eigenvalue weighted by Gasteiger charge is -2.12. The molecule has 0 aliphatic carbocycles. The summed E-state index contributed by atoms with van der Waals surface area (Å²) in [6.07, 6.45) is 0. The van der Waals surface area contributed by atoms with Gasteiger partial charge in [0.25, 0.3) is 10.0 Å². The maximum absolute atomic E-state index is 12.6. The van der Waals surface area contributed by atoms with Gasteiger partial charge in [0, 0.05) is 10.8 Å². The van der Waals surface area contributed by atoms with E-state index >= 15 is 0 Å². The number of carbonyl (C=O) groups is 2. The van der Waals surface area contributed by atoms with Crippen LogP contribution in [0, 0.1) is 6.92 Å². The van der Waals surface area contributed by atoms with Gasteiger partial charge in [0.15, 0.2) is 0 Å². The van der Waals surface area contributed by atoms with Crippen LogP contribution in [0.1, 0.15) is 30.0 Å². The summed E-state index contributed by atoms with van der Waals surface area (Å²) in [6.45, 7) is 5.19. The average molecular weight is 425 g/mol. The van der Waals surface area contributed by atoms with Gasteiger partial charge in [0.05, 0.1) is 12.0 Å². The lowest BCUT2D eigenvalue weighted by molar-refractivity contribution is 0.108. The van der Waals surface area contributed by atoms with Crippen molar-refractivity contribution in [2.75, 3.05) is 12.4 Å². The maximum Gasteiger partial charge on any atom is 0.335 e. The van der Waals surface area contributed by atoms with E-state index in [0.29, 0.717) is 0 Å². The maximum atomic E-state index is 12.6. The van der Waals surface area contributed by atoms with E-state index in [1.165, 1.54) is 25.3 Å². The molecule has 0 saturated carbocycles. The van der Waals surface area contributed by atoms with E-state index in [2.05, 4.69) is 20.3 Å². The highest BCUT2D eigenvalue weighted by molar-refractivity contribution is 8.14. The van der Waals surface area contributed by atoms with Crippen molar-refractivity contribution < 1.29 is 22.7 Å². The molecule has 2 rings (SSSR count). The van der Waals surface area contributed by atoms with Crippen LogP contribution in [0.15, 0.2) is 29.2 Å². The molecule has 0 saturated heterocycles. The minimum absolute atomic E-state index is 0.0147. The Balaban J connectivity index is 2.23. The van der Waals surface area contributed by atoms with Crippen LogP contribution in [0.3, 0.4) is 0 Å². The number of aromatic nitrogens is 3. The zero-order valence-electron chi connectivity index (χ0n) is 15.6. The third kappa shape index (κ3) is 5.63. The molecule has 0 aliphatic heterocycles. The van der Waals surface area contributed by atoms with E-state index in [4.69, 9.17) is 4.74 Å². The fraction of sp³-hybridized carbons (Fsp3) is 0.312. The summed E-state index contributed by atoms with van der Waals surface area (Å²) in [6, 6.07) is 4.53. The molecule has 0 unspecified atom stereocenters. The Hall–Kier alpha value is -2.73. The Labute approximate surface area is 166 Å². The Morgan fingerprint density at radius 3 is 2.46 bits per heavy atom. The lowest BCUT2D eigenvalue weighted by Crippen LogP contribution is -2.35. The van der Waals surface area contributed by atoms with E-state index in [0.717, 1.165) is 11.8 Å². The van der Waals surface area contributed by atoms with Crippen molar-refractivity contribution in [3.63, 3.8) is 0 Å². The molecule has 1 aromatic heterocycles. The highest BCUT2D eigenvalue weighted by Gasteiger charge is 2.25. The lowest BCUT2D eigenvalue weighted by atomic mass is 10.2. The number of hydrogen-bond acceptors (Lipinski definition) is 9. The summed E-state index contributed by atoms with van der Waals surface area (Å²) in [4.78, 5) is 35.7. The molecule has 0 radical (unpaired) electrons. The monoisotopic (exact) mass is 425 g/mol. The number of sulfonamides is 1. The molecular formula is C16H19N5O5S2. The van der Waals surface area contributed by atoms with Gasteiger partial charge in [-0.2, -0.15) is 15.0 Å². The molecule has 0 bridgehead atoms. The molecule has 0 spiro atoms. The van der Waals surface area contributed by atoms with Crippen molar-refractivity contribution in [3.05, 3.63) is 35.7 Å². The van der Waals surface area contributed by atoms with Gasteiger partial charge in [0.2, 0.25) is 11.1 Å². The van der Waals surface area contributed by atoms with E-state index in [9.17, 15) is 18.0 Å². The number of methoxy groups -OCH3 is 1. The molecular weight excluding hydrogens is 406 g/mol. The second kappa shape index (κ2) is 8.97. The van der Waals surface area contributed by atoms with Gasteiger partial charge < -0.3 is 4.74 Å². The highest BCUT2D eigenvalue weighted by Crippen LogP contribution is 2.23. The third-order valence-electron chi connectivity index (χ3n) is 3.10. The summed E-state index contributed by atoms with van der Waals surface area (Å²) in [5, 5.41) is 1.77. The fourth-order valence-electron chi connectivity index (χ4n) is 2.06. The third-order valence-corrected chi connectivity index (χ3v) is 5.40. The summed E-state index contributed by atoms with van der Waals surface area (Å²) >= 11 is 0.992. The Morgan fingerprint density at radius 2 is 1.82 bits per heavy atom. The first-order chi connectivity index (χ1) is 13.1. The number of benzene rings is 1. The molecule has 2 N–H and O–H groups in total. The molecule has 150 valence electrons. The Bertz CT molecular complexity index is 995. The first kappa shape index (κ1) is 21.6. The molecule has 0 atom stereocenters. The van der Waals surface area contributed by atoms with Crippen molar-refractivity contribution in [1.82, 2.24) is 19.7 Å². The average Bonchev–Trinajstić information content (AvgIpc) is 2.60. The summed E-state index contributed by atoms with van der Waals surface area (Å²) in [7, 11) is -2.98. The Kier molecular flexibility index (Phi) is 6.91. The molecule has 0 fully saturated rings. The van der Waals surface area contributed by atoms with Crippen LogP contribution in [-0.4, -0.2) is 46.9 Å². The zero-order chi connectivity index (χ0) is 20.9. The molecule has 2 aromatic rings. The fourth-order valence-corrected chi connectivity index (χ4v) is 3.97. The number of anilines is 1. The predicted octanol–water partition coefficient (Wildman–Crippen LogP) is 1.98. The molecule has 12 heteroatoms. The summed E-state index contributed by atoms with van der Waals surface area (Å²) < 4.78 is 32.0. The molecule has 28 heavy (non-hydrogen) atoms. The van der Waals surface area contributed by atoms with E-state index < -0.39 is 21.2 Å². The smallest absolute Gasteiger partial charge is 0.335 e. The molecule has 10 nitrogen and oxygen atoms in total. The van der Waals surface area contributed by atoms with Crippen molar-refractivity contribution in [2.45, 2.75) is 30.9 Å². The number of rotatable bonds is 6. The number of hydrogen-bond donors (Lipinski definition) is 2. The number of urea groups is 1. The van der Waals surface area contributed by atoms with Gasteiger partial charge >= 0.3 is 12.0 Å². The van der Waals surface area contributed by atoms with Crippen LogP contribution in [0.4, 0.5) is 10.7 Å². The minimum Gasteiger partial charge on any atom is -0.467 e. The first-order valence-corrected chi connectivity index (χ1v) is 10.4. The van der Waals surface area contributed by atoms with Crippen LogP contribution in [-0.2, 0) is 10.0 Å². The zero-order valence-corrected chi connectivity index (χ0v) is 17.2. The van der Waals surface area contributed by atoms with E-state index in [1.54, 1.807) is 13.0 Å². The van der Waals surface area contributed by atoms with Crippen LogP contribution in [0.5, 0.6) is 6.01 Å². The molecule has 0 aliphatic rings. The van der Waals surface area contributed by atoms with Crippen LogP contribution in [0.2, 0.25) is 0 Å². The van der Waals surface area contributed by atoms with Crippen LogP contribution in [0.25, 0.3) is 0 Å². The molecule has 1 heterocycles. The molecule has 2 amide bonds. The van der Waals surface area contributed by atoms with E-state index in [1.807, 2.05) is 18.6 Å². The van der Waals surface area contributed by atoms with Gasteiger partial charge in [-0.25, -0.2) is 17.9 Å². The number of amides is 2. The van der Waals surface area contributed by atoms with Gasteiger partial charge in [-0.3, -0.25) is 10.1 Å². The van der Waals surface area contributed by atoms with Gasteiger partial charge in [0.1, 0.15) is 5.82 Å². The summed E-state index contributed by atoms with van der Waals surface area (Å²) in [5.41, 5.74) is -0.0147. The normalized spacial score (nSPS) is 11.2. The predicted molar refractivity (Wildman–Crippen MR) is 104 cm³/mol. The first-order valence-electron chi connectivity index (χ1n) is 8.03. The Morgan fingerprint density at radius 1 is 1.14 bits per heavy atom. The number of thioether (sulfide) groups is 1. The second-order valence-electron chi connectivity index (χ2n) is 5.70. The van der Waals surface area contributed by atoms with Crippen LogP contribution < -0.4 is 14.8 Å². The van der Waals surface area contributed by atoms with Gasteiger partial charge in [-0.1, -0.05) is 37.7 Å². The highest BCUT2D eigenvalue weighted by atomic mass is 32.2. The minimum atomic E-state index is -4.32. The van der Waals surface area contributed by atoms with Crippen molar-refractivity contribution in [1.29, 1.82) is 0 Å². The number of ether oxygens (including phenoxy) is 1. The van der Waals surface area contributed by atoms with Crippen molar-refractivity contribution >= 4 is 38.9 Å². The number of aryl methyl sites for hydroxylation is 1. The van der Waals surface area contributed by atoms with Crippen LogP contribution >= 0.6 is 11.8 Å². The second-order valence-corrected chi connectivity index (χ2v) is 8.90. The quantitative estimate of drug-likeness (QED) is 0.710. The van der Waals surface area contributed by atoms with Crippen molar-refractivity contribution in [3.8, 4) is 6.01 Å². The summed E-state index contributed by atoms with van der Waals surface area (Å²) in [5.74, 6) is 0.0865. The standard InChI is InChI=1S/C16H19N5O5S2/c1-9(2)27-13(22)11-7-5-6-8-12(11)28(24,25)21-15(23)19-14-17-10(3)18-16(20-14)26-4/h5-9H,1-4H3,(H2,17,18,19,20,21,23).